The first-order valence-corrected chi connectivity index (χ1v) is 9.48. The molecule has 0 aliphatic carbocycles. The van der Waals surface area contributed by atoms with Gasteiger partial charge >= 0.3 is 0 Å². The van der Waals surface area contributed by atoms with Gasteiger partial charge < -0.3 is 10.1 Å². The van der Waals surface area contributed by atoms with E-state index in [2.05, 4.69) is 34.2 Å². The van der Waals surface area contributed by atoms with Crippen molar-refractivity contribution >= 4 is 11.6 Å². The molecule has 5 heteroatoms. The van der Waals surface area contributed by atoms with E-state index in [1.54, 1.807) is 7.11 Å². The van der Waals surface area contributed by atoms with Crippen LogP contribution in [0.4, 0.5) is 5.69 Å². The Labute approximate surface area is 161 Å². The Morgan fingerprint density at radius 1 is 0.963 bits per heavy atom. The number of amides is 1. The van der Waals surface area contributed by atoms with E-state index in [0.717, 1.165) is 44.2 Å². The fraction of sp³-hybridized carbons (Fsp3) is 0.409. The summed E-state index contributed by atoms with van der Waals surface area (Å²) in [6.45, 7) is 9.17. The van der Waals surface area contributed by atoms with Crippen molar-refractivity contribution in [2.45, 2.75) is 20.4 Å². The molecule has 0 radical (unpaired) electrons. The first-order chi connectivity index (χ1) is 13.0. The minimum atomic E-state index is 0.0488. The third-order valence-electron chi connectivity index (χ3n) is 5.00. The second kappa shape index (κ2) is 9.02. The molecule has 2 aromatic rings. The average molecular weight is 367 g/mol. The standard InChI is InChI=1S/C22H29N3O2/c1-17-4-7-20(8-5-17)23-22(26)16-25-12-10-24(11-13-25)15-19-14-18(2)6-9-21(19)27-3/h4-9,14H,10-13,15-16H2,1-3H3,(H,23,26). The van der Waals surface area contributed by atoms with Crippen molar-refractivity contribution in [2.24, 2.45) is 0 Å². The van der Waals surface area contributed by atoms with E-state index in [0.29, 0.717) is 6.54 Å². The molecule has 0 unspecified atom stereocenters. The van der Waals surface area contributed by atoms with E-state index < -0.39 is 0 Å². The van der Waals surface area contributed by atoms with E-state index in [-0.39, 0.29) is 5.91 Å². The number of aryl methyl sites for hydroxylation is 2. The third-order valence-corrected chi connectivity index (χ3v) is 5.00. The predicted molar refractivity (Wildman–Crippen MR) is 109 cm³/mol. The van der Waals surface area contributed by atoms with Crippen molar-refractivity contribution in [1.29, 1.82) is 0 Å². The van der Waals surface area contributed by atoms with Gasteiger partial charge in [-0.1, -0.05) is 35.4 Å². The average Bonchev–Trinajstić information content (AvgIpc) is 2.65. The fourth-order valence-electron chi connectivity index (χ4n) is 3.42. The van der Waals surface area contributed by atoms with Crippen LogP contribution in [-0.2, 0) is 11.3 Å². The molecule has 0 bridgehead atoms. The third kappa shape index (κ3) is 5.55. The molecule has 1 amide bonds. The maximum Gasteiger partial charge on any atom is 0.238 e. The number of piperazine rings is 1. The number of hydrogen-bond acceptors (Lipinski definition) is 4. The van der Waals surface area contributed by atoms with E-state index in [4.69, 9.17) is 4.74 Å². The highest BCUT2D eigenvalue weighted by atomic mass is 16.5. The Bertz CT molecular complexity index is 766. The zero-order chi connectivity index (χ0) is 19.2. The second-order valence-electron chi connectivity index (χ2n) is 7.28. The number of carbonyl (C=O) groups excluding carboxylic acids is 1. The second-order valence-corrected chi connectivity index (χ2v) is 7.28. The van der Waals surface area contributed by atoms with Gasteiger partial charge in [0, 0.05) is 44.0 Å². The largest absolute Gasteiger partial charge is 0.496 e. The number of nitrogens with one attached hydrogen (secondary N) is 1. The van der Waals surface area contributed by atoms with Crippen molar-refractivity contribution in [1.82, 2.24) is 9.80 Å². The van der Waals surface area contributed by atoms with Crippen LogP contribution >= 0.6 is 0 Å². The number of methoxy groups -OCH3 is 1. The zero-order valence-corrected chi connectivity index (χ0v) is 16.5. The molecule has 0 spiro atoms. The van der Waals surface area contributed by atoms with Gasteiger partial charge in [-0.25, -0.2) is 0 Å². The van der Waals surface area contributed by atoms with Gasteiger partial charge in [0.1, 0.15) is 5.75 Å². The highest BCUT2D eigenvalue weighted by Gasteiger charge is 2.20. The van der Waals surface area contributed by atoms with Gasteiger partial charge in [-0.3, -0.25) is 14.6 Å². The van der Waals surface area contributed by atoms with Gasteiger partial charge in [-0.05, 0) is 32.0 Å². The Hall–Kier alpha value is -2.37. The van der Waals surface area contributed by atoms with Crippen molar-refractivity contribution < 1.29 is 9.53 Å². The van der Waals surface area contributed by atoms with Crippen molar-refractivity contribution in [3.63, 3.8) is 0 Å². The molecule has 0 atom stereocenters. The fourth-order valence-corrected chi connectivity index (χ4v) is 3.42. The molecular weight excluding hydrogens is 338 g/mol. The summed E-state index contributed by atoms with van der Waals surface area (Å²) in [6.07, 6.45) is 0. The van der Waals surface area contributed by atoms with E-state index in [9.17, 15) is 4.79 Å². The molecule has 1 heterocycles. The van der Waals surface area contributed by atoms with Gasteiger partial charge in [-0.15, -0.1) is 0 Å². The Morgan fingerprint density at radius 3 is 2.26 bits per heavy atom. The lowest BCUT2D eigenvalue weighted by atomic mass is 10.1. The summed E-state index contributed by atoms with van der Waals surface area (Å²) < 4.78 is 5.49. The Morgan fingerprint density at radius 2 is 1.59 bits per heavy atom. The number of benzene rings is 2. The topological polar surface area (TPSA) is 44.8 Å². The molecule has 3 rings (SSSR count). The molecule has 1 saturated heterocycles. The number of hydrogen-bond donors (Lipinski definition) is 1. The van der Waals surface area contributed by atoms with Crippen LogP contribution in [0.3, 0.4) is 0 Å². The predicted octanol–water partition coefficient (Wildman–Crippen LogP) is 3.07. The summed E-state index contributed by atoms with van der Waals surface area (Å²) in [6, 6.07) is 14.2. The molecule has 1 aliphatic heterocycles. The Balaban J connectivity index is 1.47. The summed E-state index contributed by atoms with van der Waals surface area (Å²) in [4.78, 5) is 16.9. The molecule has 1 N–H and O–H groups in total. The lowest BCUT2D eigenvalue weighted by molar-refractivity contribution is -0.117. The quantitative estimate of drug-likeness (QED) is 0.852. The van der Waals surface area contributed by atoms with Crippen LogP contribution in [0.25, 0.3) is 0 Å². The van der Waals surface area contributed by atoms with Crippen LogP contribution < -0.4 is 10.1 Å². The Kier molecular flexibility index (Phi) is 6.48. The molecule has 144 valence electrons. The van der Waals surface area contributed by atoms with Gasteiger partial charge in [0.25, 0.3) is 0 Å². The number of ether oxygens (including phenoxy) is 1. The lowest BCUT2D eigenvalue weighted by Crippen LogP contribution is -2.48. The number of anilines is 1. The van der Waals surface area contributed by atoms with Crippen LogP contribution in [0, 0.1) is 13.8 Å². The van der Waals surface area contributed by atoms with E-state index in [1.165, 1.54) is 16.7 Å². The van der Waals surface area contributed by atoms with Crippen LogP contribution in [0.5, 0.6) is 5.75 Å². The molecule has 27 heavy (non-hydrogen) atoms. The summed E-state index contributed by atoms with van der Waals surface area (Å²) in [5.41, 5.74) is 4.52. The minimum absolute atomic E-state index is 0.0488. The van der Waals surface area contributed by atoms with Crippen LogP contribution in [0.2, 0.25) is 0 Å². The first kappa shape index (κ1) is 19.4. The monoisotopic (exact) mass is 367 g/mol. The number of rotatable bonds is 6. The van der Waals surface area contributed by atoms with Crippen molar-refractivity contribution in [3.05, 3.63) is 59.2 Å². The van der Waals surface area contributed by atoms with Crippen molar-refractivity contribution in [2.75, 3.05) is 45.2 Å². The maximum absolute atomic E-state index is 12.3. The summed E-state index contributed by atoms with van der Waals surface area (Å²) >= 11 is 0. The SMILES string of the molecule is COc1ccc(C)cc1CN1CCN(CC(=O)Nc2ccc(C)cc2)CC1. The van der Waals surface area contributed by atoms with E-state index in [1.807, 2.05) is 37.3 Å². The molecule has 1 fully saturated rings. The molecule has 2 aromatic carbocycles. The van der Waals surface area contributed by atoms with Crippen LogP contribution in [0.1, 0.15) is 16.7 Å². The minimum Gasteiger partial charge on any atom is -0.496 e. The zero-order valence-electron chi connectivity index (χ0n) is 16.5. The molecule has 0 aromatic heterocycles. The maximum atomic E-state index is 12.3. The highest BCUT2D eigenvalue weighted by Crippen LogP contribution is 2.22. The van der Waals surface area contributed by atoms with Crippen LogP contribution in [0.15, 0.2) is 42.5 Å². The molecule has 5 nitrogen and oxygen atoms in total. The van der Waals surface area contributed by atoms with Crippen LogP contribution in [-0.4, -0.2) is 55.5 Å². The van der Waals surface area contributed by atoms with Gasteiger partial charge in [-0.2, -0.15) is 0 Å². The molecule has 1 aliphatic rings. The van der Waals surface area contributed by atoms with Gasteiger partial charge in [0.05, 0.1) is 13.7 Å². The normalized spacial score (nSPS) is 15.5. The first-order valence-electron chi connectivity index (χ1n) is 9.48. The molecular formula is C22H29N3O2. The van der Waals surface area contributed by atoms with Gasteiger partial charge in [0.2, 0.25) is 5.91 Å². The lowest BCUT2D eigenvalue weighted by Gasteiger charge is -2.34. The highest BCUT2D eigenvalue weighted by molar-refractivity contribution is 5.92. The van der Waals surface area contributed by atoms with E-state index >= 15 is 0 Å². The molecule has 0 saturated carbocycles. The summed E-state index contributed by atoms with van der Waals surface area (Å²) in [5.74, 6) is 0.994. The van der Waals surface area contributed by atoms with Gasteiger partial charge in [0.15, 0.2) is 0 Å². The van der Waals surface area contributed by atoms with Crippen molar-refractivity contribution in [3.8, 4) is 5.75 Å². The number of nitrogens with zero attached hydrogens (tertiary/aromatic N) is 2. The smallest absolute Gasteiger partial charge is 0.238 e. The summed E-state index contributed by atoms with van der Waals surface area (Å²) in [5, 5.41) is 2.98. The summed E-state index contributed by atoms with van der Waals surface area (Å²) in [7, 11) is 1.72. The number of carbonyl (C=O) groups is 1.